The molecule has 0 fully saturated rings. The van der Waals surface area contributed by atoms with Crippen molar-refractivity contribution in [3.63, 3.8) is 0 Å². The largest absolute Gasteiger partial charge is 0.398 e. The van der Waals surface area contributed by atoms with Gasteiger partial charge in [-0.2, -0.15) is 0 Å². The van der Waals surface area contributed by atoms with Gasteiger partial charge < -0.3 is 15.2 Å². The van der Waals surface area contributed by atoms with Gasteiger partial charge in [-0.25, -0.2) is 0 Å². The molecule has 19 heavy (non-hydrogen) atoms. The van der Waals surface area contributed by atoms with E-state index in [2.05, 4.69) is 20.8 Å². The third-order valence-corrected chi connectivity index (χ3v) is 3.71. The Morgan fingerprint density at radius 3 is 2.53 bits per heavy atom. The van der Waals surface area contributed by atoms with Crippen molar-refractivity contribution in [3.8, 4) is 0 Å². The molecule has 1 rings (SSSR count). The Morgan fingerprint density at radius 1 is 1.16 bits per heavy atom. The summed E-state index contributed by atoms with van der Waals surface area (Å²) in [5.74, 6) is 0. The lowest BCUT2D eigenvalue weighted by Crippen LogP contribution is -2.29. The molecule has 4 nitrogen and oxygen atoms in total. The van der Waals surface area contributed by atoms with E-state index in [-0.39, 0.29) is 0 Å². The molecule has 0 unspecified atom stereocenters. The van der Waals surface area contributed by atoms with Crippen molar-refractivity contribution < 1.29 is 9.47 Å². The van der Waals surface area contributed by atoms with Crippen molar-refractivity contribution >= 4 is 21.6 Å². The minimum absolute atomic E-state index is 0.720. The Morgan fingerprint density at radius 2 is 1.89 bits per heavy atom. The van der Waals surface area contributed by atoms with Gasteiger partial charge in [0.2, 0.25) is 0 Å². The molecule has 0 spiro atoms. The Kier molecular flexibility index (Phi) is 8.05. The number of halogens is 1. The molecular weight excluding hydrogens is 308 g/mol. The van der Waals surface area contributed by atoms with Crippen LogP contribution in [0.3, 0.4) is 0 Å². The number of rotatable bonds is 9. The molecule has 5 heteroatoms. The molecule has 0 heterocycles. The Bertz CT molecular complexity index is 354. The number of anilines is 1. The first-order chi connectivity index (χ1) is 9.19. The van der Waals surface area contributed by atoms with E-state index in [9.17, 15) is 0 Å². The number of nitrogens with zero attached hydrogens (tertiary/aromatic N) is 1. The predicted molar refractivity (Wildman–Crippen MR) is 82.2 cm³/mol. The molecule has 0 aliphatic heterocycles. The second-order valence-electron chi connectivity index (χ2n) is 4.42. The fourth-order valence-electron chi connectivity index (χ4n) is 1.89. The summed E-state index contributed by atoms with van der Waals surface area (Å²) in [5.41, 5.74) is 8.00. The van der Waals surface area contributed by atoms with E-state index < -0.39 is 0 Å². The predicted octanol–water partition coefficient (Wildman–Crippen LogP) is 2.52. The van der Waals surface area contributed by atoms with Gasteiger partial charge in [-0.1, -0.05) is 22.0 Å². The molecule has 0 radical (unpaired) electrons. The molecule has 0 bridgehead atoms. The van der Waals surface area contributed by atoms with Gasteiger partial charge in [-0.05, 0) is 18.6 Å². The Hall–Kier alpha value is -0.620. The maximum Gasteiger partial charge on any atom is 0.0589 e. The van der Waals surface area contributed by atoms with Crippen LogP contribution in [0.1, 0.15) is 12.0 Å². The van der Waals surface area contributed by atoms with Gasteiger partial charge in [-0.3, -0.25) is 4.90 Å². The molecule has 0 amide bonds. The summed E-state index contributed by atoms with van der Waals surface area (Å²) in [7, 11) is 3.45. The standard InChI is InChI=1S/C14H23BrN2O2/c1-18-9-4-7-17(8-10-19-2)11-12-13(15)5-3-6-14(12)16/h3,5-6H,4,7-11,16H2,1-2H3. The van der Waals surface area contributed by atoms with Crippen molar-refractivity contribution in [3.05, 3.63) is 28.2 Å². The molecule has 0 saturated heterocycles. The first-order valence-electron chi connectivity index (χ1n) is 6.42. The highest BCUT2D eigenvalue weighted by Crippen LogP contribution is 2.24. The minimum atomic E-state index is 0.720. The van der Waals surface area contributed by atoms with Crippen LogP contribution in [0.25, 0.3) is 0 Å². The van der Waals surface area contributed by atoms with Crippen LogP contribution < -0.4 is 5.73 Å². The summed E-state index contributed by atoms with van der Waals surface area (Å²) in [6.07, 6.45) is 1.00. The highest BCUT2D eigenvalue weighted by atomic mass is 79.9. The molecule has 1 aromatic carbocycles. The number of nitrogens with two attached hydrogens (primary N) is 1. The molecule has 0 aromatic heterocycles. The summed E-state index contributed by atoms with van der Waals surface area (Å²) >= 11 is 3.56. The van der Waals surface area contributed by atoms with Crippen LogP contribution in [0.5, 0.6) is 0 Å². The zero-order valence-corrected chi connectivity index (χ0v) is 13.3. The Labute approximate surface area is 124 Å². The van der Waals surface area contributed by atoms with Crippen LogP contribution in [0.2, 0.25) is 0 Å². The highest BCUT2D eigenvalue weighted by molar-refractivity contribution is 9.10. The highest BCUT2D eigenvalue weighted by Gasteiger charge is 2.10. The lowest BCUT2D eigenvalue weighted by atomic mass is 10.1. The number of methoxy groups -OCH3 is 2. The van der Waals surface area contributed by atoms with E-state index in [1.54, 1.807) is 14.2 Å². The van der Waals surface area contributed by atoms with E-state index in [4.69, 9.17) is 15.2 Å². The molecule has 108 valence electrons. The second kappa shape index (κ2) is 9.31. The van der Waals surface area contributed by atoms with Crippen LogP contribution in [0.15, 0.2) is 22.7 Å². The van der Waals surface area contributed by atoms with Gasteiger partial charge in [0.25, 0.3) is 0 Å². The summed E-state index contributed by atoms with van der Waals surface area (Å²) < 4.78 is 11.3. The number of benzene rings is 1. The summed E-state index contributed by atoms with van der Waals surface area (Å²) in [6.45, 7) is 4.17. The maximum atomic E-state index is 6.04. The summed E-state index contributed by atoms with van der Waals surface area (Å²) in [6, 6.07) is 5.91. The van der Waals surface area contributed by atoms with E-state index in [1.807, 2.05) is 18.2 Å². The van der Waals surface area contributed by atoms with Crippen molar-refractivity contribution in [1.29, 1.82) is 0 Å². The lowest BCUT2D eigenvalue weighted by molar-refractivity contribution is 0.129. The smallest absolute Gasteiger partial charge is 0.0589 e. The van der Waals surface area contributed by atoms with Crippen molar-refractivity contribution in [2.24, 2.45) is 0 Å². The molecule has 1 aromatic rings. The number of nitrogen functional groups attached to an aromatic ring is 1. The zero-order valence-electron chi connectivity index (χ0n) is 11.7. The van der Waals surface area contributed by atoms with E-state index in [0.29, 0.717) is 0 Å². The third kappa shape index (κ3) is 5.91. The van der Waals surface area contributed by atoms with Gasteiger partial charge >= 0.3 is 0 Å². The SMILES string of the molecule is COCCCN(CCOC)Cc1c(N)cccc1Br. The Balaban J connectivity index is 2.64. The summed E-state index contributed by atoms with van der Waals surface area (Å²) in [4.78, 5) is 2.33. The van der Waals surface area contributed by atoms with Crippen LogP contribution in [-0.2, 0) is 16.0 Å². The topological polar surface area (TPSA) is 47.7 Å². The zero-order chi connectivity index (χ0) is 14.1. The maximum absolute atomic E-state index is 6.04. The first kappa shape index (κ1) is 16.4. The van der Waals surface area contributed by atoms with Gasteiger partial charge in [0.05, 0.1) is 6.61 Å². The van der Waals surface area contributed by atoms with Gasteiger partial charge in [-0.15, -0.1) is 0 Å². The molecule has 0 atom stereocenters. The molecule has 0 saturated carbocycles. The fraction of sp³-hybridized carbons (Fsp3) is 0.571. The van der Waals surface area contributed by atoms with Crippen molar-refractivity contribution in [2.45, 2.75) is 13.0 Å². The number of ether oxygens (including phenoxy) is 2. The molecule has 0 aliphatic carbocycles. The van der Waals surface area contributed by atoms with Crippen LogP contribution in [-0.4, -0.2) is 45.4 Å². The number of hydrogen-bond donors (Lipinski definition) is 1. The molecule has 2 N–H and O–H groups in total. The second-order valence-corrected chi connectivity index (χ2v) is 5.28. The van der Waals surface area contributed by atoms with Crippen LogP contribution in [0.4, 0.5) is 5.69 Å². The van der Waals surface area contributed by atoms with E-state index >= 15 is 0 Å². The minimum Gasteiger partial charge on any atom is -0.398 e. The van der Waals surface area contributed by atoms with Gasteiger partial charge in [0.1, 0.15) is 0 Å². The quantitative estimate of drug-likeness (QED) is 0.558. The van der Waals surface area contributed by atoms with E-state index in [0.717, 1.165) is 55.0 Å². The third-order valence-electron chi connectivity index (χ3n) is 2.97. The van der Waals surface area contributed by atoms with Crippen LogP contribution >= 0.6 is 15.9 Å². The van der Waals surface area contributed by atoms with Gasteiger partial charge in [0, 0.05) is 56.2 Å². The van der Waals surface area contributed by atoms with Crippen molar-refractivity contribution in [2.75, 3.05) is 46.3 Å². The van der Waals surface area contributed by atoms with E-state index in [1.165, 1.54) is 0 Å². The lowest BCUT2D eigenvalue weighted by Gasteiger charge is -2.23. The molecular formula is C14H23BrN2O2. The first-order valence-corrected chi connectivity index (χ1v) is 7.21. The number of hydrogen-bond acceptors (Lipinski definition) is 4. The fourth-order valence-corrected chi connectivity index (χ4v) is 2.40. The monoisotopic (exact) mass is 330 g/mol. The average molecular weight is 331 g/mol. The average Bonchev–Trinajstić information content (AvgIpc) is 2.39. The van der Waals surface area contributed by atoms with Crippen LogP contribution in [0, 0.1) is 0 Å². The summed E-state index contributed by atoms with van der Waals surface area (Å²) in [5, 5.41) is 0. The normalized spacial score (nSPS) is 11.2. The van der Waals surface area contributed by atoms with Gasteiger partial charge in [0.15, 0.2) is 0 Å². The van der Waals surface area contributed by atoms with Crippen molar-refractivity contribution in [1.82, 2.24) is 4.90 Å². The molecule has 0 aliphatic rings.